The van der Waals surface area contributed by atoms with Crippen LogP contribution in [0.5, 0.6) is 0 Å². The van der Waals surface area contributed by atoms with Gasteiger partial charge in [-0.05, 0) is 31.5 Å². The van der Waals surface area contributed by atoms with Crippen LogP contribution in [0.2, 0.25) is 0 Å². The Morgan fingerprint density at radius 1 is 0.923 bits per heavy atom. The van der Waals surface area contributed by atoms with Crippen LogP contribution in [0.3, 0.4) is 0 Å². The molecule has 1 aliphatic rings. The smallest absolute Gasteiger partial charge is 0.183 e. The van der Waals surface area contributed by atoms with Gasteiger partial charge in [-0.2, -0.15) is 0 Å². The molecule has 0 amide bonds. The number of nitrogens with one attached hydrogen (secondary N) is 1. The predicted octanol–water partition coefficient (Wildman–Crippen LogP) is 2.03. The maximum atomic E-state index is 13.0. The minimum absolute atomic E-state index is 0.158. The van der Waals surface area contributed by atoms with E-state index in [2.05, 4.69) is 5.32 Å². The van der Waals surface area contributed by atoms with Crippen LogP contribution in [0, 0.1) is 13.8 Å². The van der Waals surface area contributed by atoms with E-state index in [0.29, 0.717) is 6.54 Å². The highest BCUT2D eigenvalue weighted by Crippen LogP contribution is 2.26. The summed E-state index contributed by atoms with van der Waals surface area (Å²) in [4.78, 5) is 0.173. The lowest BCUT2D eigenvalue weighted by Crippen LogP contribution is -2.43. The molecular weight excluding hydrogens is 370 g/mol. The Balaban J connectivity index is 1.83. The minimum atomic E-state index is -3.73. The molecule has 3 rings (SSSR count). The Labute approximate surface area is 155 Å². The van der Waals surface area contributed by atoms with E-state index in [-0.39, 0.29) is 16.4 Å². The molecular formula is C19H23NO4S2. The van der Waals surface area contributed by atoms with E-state index in [9.17, 15) is 16.8 Å². The molecule has 5 nitrogen and oxygen atoms in total. The topological polar surface area (TPSA) is 80.3 Å². The number of aryl methyl sites for hydroxylation is 2. The Kier molecular flexibility index (Phi) is 5.23. The normalized spacial score (nSPS) is 22.4. The van der Waals surface area contributed by atoms with Gasteiger partial charge in [0.2, 0.25) is 0 Å². The van der Waals surface area contributed by atoms with Gasteiger partial charge in [0.05, 0.1) is 21.7 Å². The third kappa shape index (κ3) is 4.16. The highest BCUT2D eigenvalue weighted by Gasteiger charge is 2.45. The molecule has 0 aliphatic carbocycles. The summed E-state index contributed by atoms with van der Waals surface area (Å²) in [6, 6.07) is 13.8. The lowest BCUT2D eigenvalue weighted by atomic mass is 10.1. The van der Waals surface area contributed by atoms with Gasteiger partial charge in [0.15, 0.2) is 19.7 Å². The summed E-state index contributed by atoms with van der Waals surface area (Å²) in [6.45, 7) is 4.30. The summed E-state index contributed by atoms with van der Waals surface area (Å²) in [5.41, 5.74) is 3.08. The van der Waals surface area contributed by atoms with Crippen molar-refractivity contribution in [2.24, 2.45) is 0 Å². The zero-order chi connectivity index (χ0) is 18.9. The quantitative estimate of drug-likeness (QED) is 0.841. The zero-order valence-corrected chi connectivity index (χ0v) is 16.5. The van der Waals surface area contributed by atoms with Gasteiger partial charge in [0.25, 0.3) is 0 Å². The summed E-state index contributed by atoms with van der Waals surface area (Å²) >= 11 is 0. The average Bonchev–Trinajstić information content (AvgIpc) is 2.90. The summed E-state index contributed by atoms with van der Waals surface area (Å²) in [5.74, 6) is -0.497. The summed E-state index contributed by atoms with van der Waals surface area (Å²) in [6.07, 6.45) is 0. The van der Waals surface area contributed by atoms with Crippen molar-refractivity contribution in [3.05, 3.63) is 65.2 Å². The van der Waals surface area contributed by atoms with E-state index in [0.717, 1.165) is 16.7 Å². The molecule has 0 aromatic heterocycles. The van der Waals surface area contributed by atoms with Crippen LogP contribution >= 0.6 is 0 Å². The van der Waals surface area contributed by atoms with E-state index >= 15 is 0 Å². The molecule has 1 heterocycles. The maximum absolute atomic E-state index is 13.0. The molecule has 0 saturated carbocycles. The molecule has 2 atom stereocenters. The van der Waals surface area contributed by atoms with Crippen molar-refractivity contribution in [2.45, 2.75) is 36.6 Å². The molecule has 2 aromatic rings. The number of benzene rings is 2. The number of hydrogen-bond donors (Lipinski definition) is 1. The Hall–Kier alpha value is -1.70. The summed E-state index contributed by atoms with van der Waals surface area (Å²) < 4.78 is 50.3. The van der Waals surface area contributed by atoms with Crippen molar-refractivity contribution in [3.63, 3.8) is 0 Å². The zero-order valence-electron chi connectivity index (χ0n) is 14.8. The average molecular weight is 394 g/mol. The standard InChI is InChI=1S/C19H23NO4S2/c1-14-3-7-16(8-4-14)11-20-18-12-25(21,22)13-19(18)26(23,24)17-9-5-15(2)6-10-17/h3-10,18-20H,11-13H2,1-2H3/t18-,19-/m1/s1. The van der Waals surface area contributed by atoms with Crippen LogP contribution in [0.25, 0.3) is 0 Å². The Bertz CT molecular complexity index is 979. The van der Waals surface area contributed by atoms with Crippen LogP contribution in [-0.4, -0.2) is 39.6 Å². The van der Waals surface area contributed by atoms with Gasteiger partial charge in [0, 0.05) is 12.6 Å². The van der Waals surface area contributed by atoms with Gasteiger partial charge in [-0.3, -0.25) is 0 Å². The summed E-state index contributed by atoms with van der Waals surface area (Å²) in [5, 5.41) is 2.18. The molecule has 0 unspecified atom stereocenters. The van der Waals surface area contributed by atoms with Crippen LogP contribution in [-0.2, 0) is 26.2 Å². The van der Waals surface area contributed by atoms with E-state index in [1.54, 1.807) is 24.3 Å². The van der Waals surface area contributed by atoms with Gasteiger partial charge in [0.1, 0.15) is 0 Å². The number of hydrogen-bond acceptors (Lipinski definition) is 5. The van der Waals surface area contributed by atoms with Crippen molar-refractivity contribution in [1.29, 1.82) is 0 Å². The van der Waals surface area contributed by atoms with Gasteiger partial charge < -0.3 is 5.32 Å². The predicted molar refractivity (Wildman–Crippen MR) is 103 cm³/mol. The van der Waals surface area contributed by atoms with Gasteiger partial charge in [-0.15, -0.1) is 0 Å². The molecule has 1 fully saturated rings. The van der Waals surface area contributed by atoms with Crippen molar-refractivity contribution in [3.8, 4) is 0 Å². The lowest BCUT2D eigenvalue weighted by Gasteiger charge is -2.20. The second kappa shape index (κ2) is 7.13. The Morgan fingerprint density at radius 3 is 2.04 bits per heavy atom. The van der Waals surface area contributed by atoms with Gasteiger partial charge in [-0.25, -0.2) is 16.8 Å². The number of rotatable bonds is 5. The highest BCUT2D eigenvalue weighted by atomic mass is 32.2. The van der Waals surface area contributed by atoms with Gasteiger partial charge >= 0.3 is 0 Å². The first-order valence-corrected chi connectivity index (χ1v) is 11.8. The third-order valence-corrected chi connectivity index (χ3v) is 8.90. The SMILES string of the molecule is Cc1ccc(CN[C@@H]2CS(=O)(=O)C[C@H]2S(=O)(=O)c2ccc(C)cc2)cc1. The van der Waals surface area contributed by atoms with Crippen LogP contribution in [0.15, 0.2) is 53.4 Å². The number of sulfone groups is 2. The summed E-state index contributed by atoms with van der Waals surface area (Å²) in [7, 11) is -7.13. The van der Waals surface area contributed by atoms with Crippen molar-refractivity contribution < 1.29 is 16.8 Å². The first kappa shape index (κ1) is 19.1. The molecule has 0 spiro atoms. The molecule has 7 heteroatoms. The second-order valence-corrected chi connectivity index (χ2v) is 11.3. The maximum Gasteiger partial charge on any atom is 0.183 e. The van der Waals surface area contributed by atoms with E-state index in [1.807, 2.05) is 38.1 Å². The molecule has 1 saturated heterocycles. The van der Waals surface area contributed by atoms with Crippen LogP contribution < -0.4 is 5.32 Å². The Morgan fingerprint density at radius 2 is 1.46 bits per heavy atom. The fourth-order valence-corrected chi connectivity index (χ4v) is 7.89. The molecule has 26 heavy (non-hydrogen) atoms. The molecule has 0 bridgehead atoms. The van der Waals surface area contributed by atoms with Crippen LogP contribution in [0.4, 0.5) is 0 Å². The van der Waals surface area contributed by atoms with Crippen molar-refractivity contribution >= 4 is 19.7 Å². The third-order valence-electron chi connectivity index (χ3n) is 4.74. The lowest BCUT2D eigenvalue weighted by molar-refractivity contribution is 0.526. The molecule has 2 aromatic carbocycles. The second-order valence-electron chi connectivity index (χ2n) is 6.95. The first-order chi connectivity index (χ1) is 12.2. The molecule has 1 aliphatic heterocycles. The first-order valence-electron chi connectivity index (χ1n) is 8.47. The van der Waals surface area contributed by atoms with E-state index in [4.69, 9.17) is 0 Å². The van der Waals surface area contributed by atoms with E-state index < -0.39 is 31.0 Å². The van der Waals surface area contributed by atoms with Crippen molar-refractivity contribution in [1.82, 2.24) is 5.32 Å². The van der Waals surface area contributed by atoms with Crippen molar-refractivity contribution in [2.75, 3.05) is 11.5 Å². The van der Waals surface area contributed by atoms with Gasteiger partial charge in [-0.1, -0.05) is 47.5 Å². The minimum Gasteiger partial charge on any atom is -0.308 e. The monoisotopic (exact) mass is 393 g/mol. The van der Waals surface area contributed by atoms with Crippen LogP contribution in [0.1, 0.15) is 16.7 Å². The molecule has 140 valence electrons. The highest BCUT2D eigenvalue weighted by molar-refractivity contribution is 7.96. The fourth-order valence-electron chi connectivity index (χ4n) is 3.17. The molecule has 0 radical (unpaired) electrons. The fraction of sp³-hybridized carbons (Fsp3) is 0.368. The largest absolute Gasteiger partial charge is 0.308 e. The molecule has 1 N–H and O–H groups in total. The van der Waals surface area contributed by atoms with E-state index in [1.165, 1.54) is 0 Å².